The van der Waals surface area contributed by atoms with E-state index in [1.165, 1.54) is 23.1 Å². The second-order valence-electron chi connectivity index (χ2n) is 9.48. The molecule has 0 amide bonds. The van der Waals surface area contributed by atoms with Crippen molar-refractivity contribution in [3.05, 3.63) is 60.6 Å². The summed E-state index contributed by atoms with van der Waals surface area (Å²) in [6.07, 6.45) is 9.23. The number of hydrogen-bond donors (Lipinski definition) is 0. The summed E-state index contributed by atoms with van der Waals surface area (Å²) in [5, 5.41) is 5.03. The predicted molar refractivity (Wildman–Crippen MR) is 148 cm³/mol. The number of nitrogens with zero attached hydrogens (tertiary/aromatic N) is 6. The lowest BCUT2D eigenvalue weighted by Gasteiger charge is -2.28. The van der Waals surface area contributed by atoms with Crippen molar-refractivity contribution in [2.24, 2.45) is 7.05 Å². The van der Waals surface area contributed by atoms with Gasteiger partial charge in [-0.05, 0) is 39.5 Å². The molecule has 0 bridgehead atoms. The van der Waals surface area contributed by atoms with Crippen LogP contribution in [0.3, 0.4) is 0 Å². The Morgan fingerprint density at radius 1 is 1.20 bits per heavy atom. The topological polar surface area (TPSA) is 42.1 Å². The zero-order chi connectivity index (χ0) is 24.4. The first-order valence-corrected chi connectivity index (χ1v) is 13.3. The van der Waals surface area contributed by atoms with E-state index in [9.17, 15) is 0 Å². The van der Waals surface area contributed by atoms with E-state index in [2.05, 4.69) is 71.4 Å². The second kappa shape index (κ2) is 8.43. The number of aryl methyl sites for hydroxylation is 1. The highest BCUT2D eigenvalue weighted by atomic mass is 31.0. The minimum Gasteiger partial charge on any atom is -0.328 e. The molecule has 4 aromatic rings. The zero-order valence-electron chi connectivity index (χ0n) is 20.0. The molecule has 6 nitrogen and oxygen atoms in total. The lowest BCUT2D eigenvalue weighted by atomic mass is 9.97. The number of fused-ring (bicyclic) bond motifs is 3. The number of pyridine rings is 1. The van der Waals surface area contributed by atoms with E-state index in [0.29, 0.717) is 11.6 Å². The first kappa shape index (κ1) is 22.7. The lowest BCUT2D eigenvalue weighted by Crippen LogP contribution is -2.33. The molecule has 35 heavy (non-hydrogen) atoms. The Balaban J connectivity index is 1.75. The van der Waals surface area contributed by atoms with Crippen LogP contribution in [0.1, 0.15) is 31.2 Å². The Labute approximate surface area is 209 Å². The molecule has 1 aliphatic heterocycles. The van der Waals surface area contributed by atoms with Crippen LogP contribution in [0, 0.1) is 5.95 Å². The van der Waals surface area contributed by atoms with E-state index in [1.807, 2.05) is 10.5 Å². The Morgan fingerprint density at radius 3 is 2.66 bits per heavy atom. The van der Waals surface area contributed by atoms with Crippen LogP contribution >= 0.6 is 18.6 Å². The van der Waals surface area contributed by atoms with Gasteiger partial charge in [0, 0.05) is 31.9 Å². The first-order chi connectivity index (χ1) is 16.9. The summed E-state index contributed by atoms with van der Waals surface area (Å²) in [6, 6.07) is 8.88. The molecule has 9 heteroatoms. The van der Waals surface area contributed by atoms with Gasteiger partial charge in [-0.25, -0.2) is 4.98 Å². The molecule has 1 saturated carbocycles. The van der Waals surface area contributed by atoms with Crippen molar-refractivity contribution in [1.29, 1.82) is 0 Å². The van der Waals surface area contributed by atoms with Crippen molar-refractivity contribution in [2.75, 3.05) is 16.8 Å². The maximum absolute atomic E-state index is 15.2. The van der Waals surface area contributed by atoms with Crippen LogP contribution in [0.2, 0.25) is 0 Å². The van der Waals surface area contributed by atoms with E-state index in [1.54, 1.807) is 13.2 Å². The smallest absolute Gasteiger partial charge is 0.241 e. The Bertz CT molecular complexity index is 1480. The van der Waals surface area contributed by atoms with Crippen LogP contribution in [0.5, 0.6) is 0 Å². The van der Waals surface area contributed by atoms with Gasteiger partial charge in [-0.1, -0.05) is 43.7 Å². The van der Waals surface area contributed by atoms with Crippen molar-refractivity contribution >= 4 is 41.0 Å². The number of hydrogen-bond acceptors (Lipinski definition) is 4. The van der Waals surface area contributed by atoms with Gasteiger partial charge in [0.15, 0.2) is 0 Å². The Hall–Kier alpha value is -2.75. The van der Waals surface area contributed by atoms with E-state index < -0.39 is 5.95 Å². The third-order valence-electron chi connectivity index (χ3n) is 7.42. The fourth-order valence-corrected chi connectivity index (χ4v) is 6.45. The van der Waals surface area contributed by atoms with Gasteiger partial charge in [0.2, 0.25) is 5.95 Å². The third kappa shape index (κ3) is 3.36. The molecule has 3 aromatic heterocycles. The minimum absolute atomic E-state index is 0.398. The van der Waals surface area contributed by atoms with Gasteiger partial charge in [-0.15, -0.1) is 14.3 Å². The van der Waals surface area contributed by atoms with Crippen LogP contribution in [0.15, 0.2) is 49.1 Å². The highest BCUT2D eigenvalue weighted by Crippen LogP contribution is 2.53. The summed E-state index contributed by atoms with van der Waals surface area (Å²) < 4.78 is 18.6. The predicted octanol–water partition coefficient (Wildman–Crippen LogP) is 5.93. The summed E-state index contributed by atoms with van der Waals surface area (Å²) in [5.74, 6) is 0.477. The summed E-state index contributed by atoms with van der Waals surface area (Å²) in [4.78, 5) is 9.43. The molecule has 0 N–H and O–H groups in total. The molecule has 0 radical (unpaired) electrons. The quantitative estimate of drug-likeness (QED) is 0.322. The van der Waals surface area contributed by atoms with Gasteiger partial charge in [0.05, 0.1) is 34.2 Å². The lowest BCUT2D eigenvalue weighted by molar-refractivity contribution is 0.555. The van der Waals surface area contributed by atoms with Crippen molar-refractivity contribution < 1.29 is 4.39 Å². The maximum atomic E-state index is 15.2. The molecule has 2 aliphatic rings. The molecule has 0 saturated heterocycles. The molecular formula is C26H29FN6P2. The first-order valence-electron chi connectivity index (χ1n) is 11.9. The zero-order valence-corrected chi connectivity index (χ0v) is 22.3. The largest absolute Gasteiger partial charge is 0.328 e. The average molecular weight is 507 g/mol. The van der Waals surface area contributed by atoms with Gasteiger partial charge in [-0.3, -0.25) is 4.68 Å². The monoisotopic (exact) mass is 506 g/mol. The molecule has 1 fully saturated rings. The van der Waals surface area contributed by atoms with Crippen molar-refractivity contribution in [1.82, 2.24) is 19.1 Å². The number of aromatic nitrogens is 4. The fourth-order valence-electron chi connectivity index (χ4n) is 5.73. The normalized spacial score (nSPS) is 16.2. The molecule has 1 aliphatic carbocycles. The molecular weight excluding hydrogens is 477 g/mol. The van der Waals surface area contributed by atoms with E-state index >= 15 is 4.39 Å². The summed E-state index contributed by atoms with van der Waals surface area (Å²) in [5.41, 5.74) is 7.36. The standard InChI is InChI=1S/C26H29FN6P2/c1-15-31(3)20-12-28-26-22(24(20)32(15)18-9-4-5-10-18)21(17-8-6-7-16(11-17)14-34)23(33(26)35)19-13-30(2)29-25(19)27/h6-8,11-13,18H,1,4-5,9-10,14,34-35H2,2-3H3. The van der Waals surface area contributed by atoms with Gasteiger partial charge in [0.25, 0.3) is 0 Å². The Kier molecular flexibility index (Phi) is 5.47. The van der Waals surface area contributed by atoms with Crippen molar-refractivity contribution in [2.45, 2.75) is 37.9 Å². The molecule has 0 spiro atoms. The van der Waals surface area contributed by atoms with Crippen LogP contribution < -0.4 is 9.80 Å². The van der Waals surface area contributed by atoms with Crippen molar-refractivity contribution in [3.8, 4) is 22.4 Å². The highest BCUT2D eigenvalue weighted by Gasteiger charge is 2.38. The van der Waals surface area contributed by atoms with Crippen LogP contribution in [0.25, 0.3) is 33.4 Å². The molecule has 2 atom stereocenters. The van der Waals surface area contributed by atoms with Crippen LogP contribution in [-0.4, -0.2) is 32.2 Å². The average Bonchev–Trinajstić information content (AvgIpc) is 3.61. The molecule has 6 rings (SSSR count). The molecule has 1 aromatic carbocycles. The molecule has 4 heterocycles. The highest BCUT2D eigenvalue weighted by molar-refractivity contribution is 7.15. The third-order valence-corrected chi connectivity index (χ3v) is 8.39. The number of benzene rings is 1. The number of anilines is 2. The van der Waals surface area contributed by atoms with E-state index in [0.717, 1.165) is 64.1 Å². The van der Waals surface area contributed by atoms with E-state index in [4.69, 9.17) is 4.98 Å². The summed E-state index contributed by atoms with van der Waals surface area (Å²) >= 11 is 0. The second-order valence-corrected chi connectivity index (χ2v) is 10.4. The van der Waals surface area contributed by atoms with Gasteiger partial charge >= 0.3 is 0 Å². The molecule has 2 unspecified atom stereocenters. The SMILES string of the molecule is C=C1N(C)c2cnc3c(c(-c4cccc(CP)c4)c(-c4cn(C)nc4F)n3P)c2N1C1CCCC1. The molecule has 180 valence electrons. The fraction of sp³-hybridized carbons (Fsp3) is 0.308. The van der Waals surface area contributed by atoms with Crippen LogP contribution in [0.4, 0.5) is 15.8 Å². The van der Waals surface area contributed by atoms with Crippen molar-refractivity contribution in [3.63, 3.8) is 0 Å². The summed E-state index contributed by atoms with van der Waals surface area (Å²) in [7, 11) is 9.35. The van der Waals surface area contributed by atoms with Crippen LogP contribution in [-0.2, 0) is 13.2 Å². The van der Waals surface area contributed by atoms with Gasteiger partial charge < -0.3 is 14.1 Å². The number of halogens is 1. The van der Waals surface area contributed by atoms with E-state index in [-0.39, 0.29) is 0 Å². The maximum Gasteiger partial charge on any atom is 0.241 e. The number of rotatable bonds is 4. The minimum atomic E-state index is -0.492. The Morgan fingerprint density at radius 2 is 1.97 bits per heavy atom. The van der Waals surface area contributed by atoms with Gasteiger partial charge in [0.1, 0.15) is 11.5 Å². The van der Waals surface area contributed by atoms with Gasteiger partial charge in [-0.2, -0.15) is 4.39 Å². The summed E-state index contributed by atoms with van der Waals surface area (Å²) in [6.45, 7) is 4.45.